The quantitative estimate of drug-likeness (QED) is 0.763. The molecule has 0 bridgehead atoms. The highest BCUT2D eigenvalue weighted by atomic mass is 16.5. The fourth-order valence-corrected chi connectivity index (χ4v) is 1.40. The van der Waals surface area contributed by atoms with Crippen molar-refractivity contribution in [2.45, 2.75) is 45.1 Å². The molecular weight excluding hydrogens is 200 g/mol. The number of hydrogen-bond donors (Lipinski definition) is 0. The van der Waals surface area contributed by atoms with Crippen molar-refractivity contribution in [1.29, 1.82) is 5.26 Å². The first-order valence-electron chi connectivity index (χ1n) is 5.59. The smallest absolute Gasteiger partial charge is 0.182 e. The third kappa shape index (κ3) is 2.33. The van der Waals surface area contributed by atoms with Gasteiger partial charge in [-0.2, -0.15) is 5.26 Å². The minimum atomic E-state index is -0.0380. The lowest BCUT2D eigenvalue weighted by molar-refractivity contribution is 0.300. The van der Waals surface area contributed by atoms with Gasteiger partial charge in [-0.25, -0.2) is 4.98 Å². The Kier molecular flexibility index (Phi) is 2.59. The van der Waals surface area contributed by atoms with Crippen LogP contribution in [-0.4, -0.2) is 11.1 Å². The van der Waals surface area contributed by atoms with Gasteiger partial charge < -0.3 is 4.74 Å². The van der Waals surface area contributed by atoms with Crippen molar-refractivity contribution in [3.05, 3.63) is 23.5 Å². The topological polar surface area (TPSA) is 45.9 Å². The standard InChI is InChI=1S/C13H16N2O/c1-13(2,3)12-7-6-11(10(8-14)15-12)16-9-4-5-9/h6-7,9H,4-5H2,1-3H3. The van der Waals surface area contributed by atoms with E-state index < -0.39 is 0 Å². The van der Waals surface area contributed by atoms with E-state index in [-0.39, 0.29) is 5.41 Å². The fraction of sp³-hybridized carbons (Fsp3) is 0.538. The molecule has 1 aromatic rings. The van der Waals surface area contributed by atoms with Crippen LogP contribution >= 0.6 is 0 Å². The van der Waals surface area contributed by atoms with Gasteiger partial charge in [0.05, 0.1) is 6.10 Å². The molecule has 0 N–H and O–H groups in total. The van der Waals surface area contributed by atoms with E-state index in [9.17, 15) is 0 Å². The molecule has 2 rings (SSSR count). The van der Waals surface area contributed by atoms with Gasteiger partial charge in [-0.3, -0.25) is 0 Å². The van der Waals surface area contributed by atoms with Crippen molar-refractivity contribution in [2.75, 3.05) is 0 Å². The summed E-state index contributed by atoms with van der Waals surface area (Å²) in [5.74, 6) is 0.623. The summed E-state index contributed by atoms with van der Waals surface area (Å²) in [5, 5.41) is 9.05. The van der Waals surface area contributed by atoms with Crippen LogP contribution in [0.2, 0.25) is 0 Å². The molecule has 0 atom stereocenters. The summed E-state index contributed by atoms with van der Waals surface area (Å²) in [6.07, 6.45) is 2.48. The summed E-state index contributed by atoms with van der Waals surface area (Å²) in [6.45, 7) is 6.24. The summed E-state index contributed by atoms with van der Waals surface area (Å²) in [4.78, 5) is 4.36. The second-order valence-corrected chi connectivity index (χ2v) is 5.22. The van der Waals surface area contributed by atoms with Crippen molar-refractivity contribution in [2.24, 2.45) is 0 Å². The van der Waals surface area contributed by atoms with Crippen molar-refractivity contribution in [3.63, 3.8) is 0 Å². The van der Waals surface area contributed by atoms with Crippen LogP contribution in [0.1, 0.15) is 45.0 Å². The molecule has 3 nitrogen and oxygen atoms in total. The zero-order chi connectivity index (χ0) is 11.8. The molecule has 1 aliphatic rings. The average molecular weight is 216 g/mol. The molecule has 0 aliphatic heterocycles. The van der Waals surface area contributed by atoms with Crippen molar-refractivity contribution in [3.8, 4) is 11.8 Å². The molecule has 1 aromatic heterocycles. The third-order valence-corrected chi connectivity index (χ3v) is 2.55. The van der Waals surface area contributed by atoms with E-state index in [1.54, 1.807) is 0 Å². The van der Waals surface area contributed by atoms with Gasteiger partial charge in [0, 0.05) is 11.1 Å². The molecule has 16 heavy (non-hydrogen) atoms. The van der Waals surface area contributed by atoms with E-state index in [0.29, 0.717) is 17.5 Å². The molecule has 1 fully saturated rings. The molecule has 1 saturated carbocycles. The normalized spacial score (nSPS) is 15.6. The maximum absolute atomic E-state index is 9.05. The Bertz CT molecular complexity index is 436. The molecule has 0 amide bonds. The lowest BCUT2D eigenvalue weighted by atomic mass is 9.91. The molecule has 0 unspecified atom stereocenters. The van der Waals surface area contributed by atoms with Crippen molar-refractivity contribution < 1.29 is 4.74 Å². The predicted molar refractivity (Wildman–Crippen MR) is 61.3 cm³/mol. The number of aromatic nitrogens is 1. The molecule has 0 radical (unpaired) electrons. The number of rotatable bonds is 2. The number of pyridine rings is 1. The summed E-state index contributed by atoms with van der Waals surface area (Å²) in [7, 11) is 0. The first-order valence-corrected chi connectivity index (χ1v) is 5.59. The van der Waals surface area contributed by atoms with E-state index in [4.69, 9.17) is 10.00 Å². The summed E-state index contributed by atoms with van der Waals surface area (Å²) in [6, 6.07) is 5.91. The average Bonchev–Trinajstić information content (AvgIpc) is 3.00. The number of ether oxygens (including phenoxy) is 1. The first kappa shape index (κ1) is 10.9. The van der Waals surface area contributed by atoms with Crippen LogP contribution in [0.4, 0.5) is 0 Å². The number of hydrogen-bond acceptors (Lipinski definition) is 3. The monoisotopic (exact) mass is 216 g/mol. The fourth-order valence-electron chi connectivity index (χ4n) is 1.40. The Labute approximate surface area is 96.1 Å². The lowest BCUT2D eigenvalue weighted by Gasteiger charge is -2.18. The molecule has 1 heterocycles. The van der Waals surface area contributed by atoms with Gasteiger partial charge in [0.1, 0.15) is 6.07 Å². The predicted octanol–water partition coefficient (Wildman–Crippen LogP) is 2.79. The Hall–Kier alpha value is -1.56. The molecule has 0 spiro atoms. The minimum absolute atomic E-state index is 0.0380. The van der Waals surface area contributed by atoms with Gasteiger partial charge in [-0.1, -0.05) is 20.8 Å². The third-order valence-electron chi connectivity index (χ3n) is 2.55. The lowest BCUT2D eigenvalue weighted by Crippen LogP contribution is -2.14. The second kappa shape index (κ2) is 3.79. The van der Waals surface area contributed by atoms with Gasteiger partial charge in [0.25, 0.3) is 0 Å². The zero-order valence-electron chi connectivity index (χ0n) is 9.95. The summed E-state index contributed by atoms with van der Waals surface area (Å²) >= 11 is 0. The van der Waals surface area contributed by atoms with Gasteiger partial charge in [-0.05, 0) is 25.0 Å². The van der Waals surface area contributed by atoms with Crippen LogP contribution in [0.25, 0.3) is 0 Å². The van der Waals surface area contributed by atoms with Gasteiger partial charge >= 0.3 is 0 Å². The summed E-state index contributed by atoms with van der Waals surface area (Å²) < 4.78 is 5.63. The Balaban J connectivity index is 2.31. The van der Waals surface area contributed by atoms with E-state index in [2.05, 4.69) is 31.8 Å². The highest BCUT2D eigenvalue weighted by molar-refractivity contribution is 5.39. The Morgan fingerprint density at radius 3 is 2.56 bits per heavy atom. The Morgan fingerprint density at radius 2 is 2.06 bits per heavy atom. The maximum atomic E-state index is 9.05. The Morgan fingerprint density at radius 1 is 1.38 bits per heavy atom. The van der Waals surface area contributed by atoms with E-state index in [0.717, 1.165) is 18.5 Å². The van der Waals surface area contributed by atoms with E-state index >= 15 is 0 Å². The van der Waals surface area contributed by atoms with Gasteiger partial charge in [0.2, 0.25) is 0 Å². The maximum Gasteiger partial charge on any atom is 0.182 e. The number of nitriles is 1. The van der Waals surface area contributed by atoms with Crippen LogP contribution in [0.15, 0.2) is 12.1 Å². The van der Waals surface area contributed by atoms with Gasteiger partial charge in [0.15, 0.2) is 11.4 Å². The van der Waals surface area contributed by atoms with E-state index in [1.807, 2.05) is 12.1 Å². The van der Waals surface area contributed by atoms with Crippen molar-refractivity contribution >= 4 is 0 Å². The van der Waals surface area contributed by atoms with Crippen LogP contribution < -0.4 is 4.74 Å². The molecule has 0 aromatic carbocycles. The van der Waals surface area contributed by atoms with Crippen LogP contribution in [0.3, 0.4) is 0 Å². The SMILES string of the molecule is CC(C)(C)c1ccc(OC2CC2)c(C#N)n1. The minimum Gasteiger partial charge on any atom is -0.487 e. The van der Waals surface area contributed by atoms with Crippen LogP contribution in [0.5, 0.6) is 5.75 Å². The van der Waals surface area contributed by atoms with Gasteiger partial charge in [-0.15, -0.1) is 0 Å². The summed E-state index contributed by atoms with van der Waals surface area (Å²) in [5.41, 5.74) is 1.29. The largest absolute Gasteiger partial charge is 0.487 e. The molecule has 0 saturated heterocycles. The first-order chi connectivity index (χ1) is 7.50. The molecular formula is C13H16N2O. The highest BCUT2D eigenvalue weighted by Crippen LogP contribution is 2.30. The van der Waals surface area contributed by atoms with E-state index in [1.165, 1.54) is 0 Å². The molecule has 1 aliphatic carbocycles. The molecule has 84 valence electrons. The van der Waals surface area contributed by atoms with Crippen LogP contribution in [-0.2, 0) is 5.41 Å². The van der Waals surface area contributed by atoms with Crippen LogP contribution in [0, 0.1) is 11.3 Å². The van der Waals surface area contributed by atoms with Crippen molar-refractivity contribution in [1.82, 2.24) is 4.98 Å². The highest BCUT2D eigenvalue weighted by Gasteiger charge is 2.25. The number of nitrogens with zero attached hydrogens (tertiary/aromatic N) is 2. The zero-order valence-corrected chi connectivity index (χ0v) is 9.95. The molecule has 3 heteroatoms. The second-order valence-electron chi connectivity index (χ2n) is 5.22.